The summed E-state index contributed by atoms with van der Waals surface area (Å²) >= 11 is 2.87. The number of thioether (sulfide) groups is 1. The molecule has 1 amide bonds. The van der Waals surface area contributed by atoms with E-state index in [2.05, 4.69) is 25.4 Å². The molecule has 8 nitrogen and oxygen atoms in total. The van der Waals surface area contributed by atoms with Crippen molar-refractivity contribution in [1.82, 2.24) is 20.1 Å². The summed E-state index contributed by atoms with van der Waals surface area (Å²) in [6.07, 6.45) is 0. The van der Waals surface area contributed by atoms with Crippen LogP contribution in [0.25, 0.3) is 21.9 Å². The first kappa shape index (κ1) is 20.4. The van der Waals surface area contributed by atoms with Crippen molar-refractivity contribution in [2.45, 2.75) is 24.8 Å². The molecule has 0 spiro atoms. The van der Waals surface area contributed by atoms with Crippen molar-refractivity contribution in [3.63, 3.8) is 0 Å². The molecule has 0 unspecified atom stereocenters. The summed E-state index contributed by atoms with van der Waals surface area (Å²) in [5.41, 5.74) is 1.85. The summed E-state index contributed by atoms with van der Waals surface area (Å²) < 4.78 is 11.1. The summed E-state index contributed by atoms with van der Waals surface area (Å²) in [5, 5.41) is 10.0. The Labute approximate surface area is 191 Å². The molecule has 1 aromatic carbocycles. The number of fused-ring (bicyclic) bond motifs is 1. The van der Waals surface area contributed by atoms with E-state index in [1.165, 1.54) is 23.1 Å². The van der Waals surface area contributed by atoms with Crippen molar-refractivity contribution in [2.75, 3.05) is 5.32 Å². The van der Waals surface area contributed by atoms with E-state index in [4.69, 9.17) is 8.94 Å². The van der Waals surface area contributed by atoms with Gasteiger partial charge in [-0.25, -0.2) is 4.98 Å². The summed E-state index contributed by atoms with van der Waals surface area (Å²) in [6.45, 7) is 3.78. The lowest BCUT2D eigenvalue weighted by atomic mass is 10.2. The molecule has 0 fully saturated rings. The van der Waals surface area contributed by atoms with Crippen LogP contribution in [0, 0.1) is 13.8 Å². The predicted octanol–water partition coefficient (Wildman–Crippen LogP) is 5.50. The van der Waals surface area contributed by atoms with Gasteiger partial charge in [0.25, 0.3) is 11.8 Å². The number of thiophene rings is 1. The molecule has 5 aromatic rings. The Morgan fingerprint density at radius 1 is 1.09 bits per heavy atom. The third-order valence-electron chi connectivity index (χ3n) is 4.81. The number of anilines is 1. The number of amides is 1. The van der Waals surface area contributed by atoms with Gasteiger partial charge in [0.1, 0.15) is 11.6 Å². The highest BCUT2D eigenvalue weighted by molar-refractivity contribution is 7.98. The number of carbonyl (C=O) groups is 1. The van der Waals surface area contributed by atoms with Gasteiger partial charge in [-0.1, -0.05) is 41.2 Å². The van der Waals surface area contributed by atoms with Crippen LogP contribution in [0.2, 0.25) is 0 Å². The molecule has 0 radical (unpaired) electrons. The lowest BCUT2D eigenvalue weighted by Gasteiger charge is -2.07. The predicted molar refractivity (Wildman–Crippen MR) is 123 cm³/mol. The Morgan fingerprint density at radius 2 is 1.94 bits per heavy atom. The number of hydrogen-bond donors (Lipinski definition) is 1. The molecule has 5 rings (SSSR count). The van der Waals surface area contributed by atoms with Crippen molar-refractivity contribution < 1.29 is 13.7 Å². The standard InChI is InChI=1S/C22H17N5O3S2/c1-12-13(2)29-21-17(12)18(24-19(28)14-7-4-3-5-8-14)25-22(26-21)32-11-16-23-20(30-27-16)15-9-6-10-31-15/h3-10H,11H2,1-2H3,(H,24,25,26,28). The highest BCUT2D eigenvalue weighted by Crippen LogP contribution is 2.32. The van der Waals surface area contributed by atoms with Gasteiger partial charge in [0.05, 0.1) is 16.0 Å². The second kappa shape index (κ2) is 8.56. The molecular weight excluding hydrogens is 446 g/mol. The molecule has 1 N–H and O–H groups in total. The van der Waals surface area contributed by atoms with Crippen molar-refractivity contribution in [3.8, 4) is 10.8 Å². The van der Waals surface area contributed by atoms with E-state index < -0.39 is 0 Å². The average molecular weight is 464 g/mol. The van der Waals surface area contributed by atoms with Gasteiger partial charge in [0.2, 0.25) is 5.71 Å². The Morgan fingerprint density at radius 3 is 2.72 bits per heavy atom. The van der Waals surface area contributed by atoms with Gasteiger partial charge in [-0.15, -0.1) is 11.3 Å². The Hall–Kier alpha value is -3.50. The molecule has 0 saturated heterocycles. The lowest BCUT2D eigenvalue weighted by Crippen LogP contribution is -2.13. The number of aromatic nitrogens is 4. The quantitative estimate of drug-likeness (QED) is 0.260. The highest BCUT2D eigenvalue weighted by atomic mass is 32.2. The number of benzene rings is 1. The first-order valence-corrected chi connectivity index (χ1v) is 11.6. The zero-order valence-corrected chi connectivity index (χ0v) is 18.8. The van der Waals surface area contributed by atoms with Crippen LogP contribution in [-0.4, -0.2) is 26.0 Å². The summed E-state index contributed by atoms with van der Waals surface area (Å²) in [5.74, 6) is 2.31. The van der Waals surface area contributed by atoms with Gasteiger partial charge < -0.3 is 14.3 Å². The zero-order chi connectivity index (χ0) is 22.1. The SMILES string of the molecule is Cc1oc2nc(SCc3noc(-c4cccs4)n3)nc(NC(=O)c3ccccc3)c2c1C. The van der Waals surface area contributed by atoms with E-state index in [-0.39, 0.29) is 5.91 Å². The minimum Gasteiger partial charge on any atom is -0.443 e. The fourth-order valence-corrected chi connectivity index (χ4v) is 4.42. The number of aryl methyl sites for hydroxylation is 2. The second-order valence-corrected chi connectivity index (χ2v) is 8.81. The van der Waals surface area contributed by atoms with E-state index in [0.717, 1.165) is 16.2 Å². The molecule has 10 heteroatoms. The summed E-state index contributed by atoms with van der Waals surface area (Å²) in [4.78, 5) is 27.2. The maximum absolute atomic E-state index is 12.7. The molecular formula is C22H17N5O3S2. The molecule has 160 valence electrons. The molecule has 32 heavy (non-hydrogen) atoms. The fraction of sp³-hybridized carbons (Fsp3) is 0.136. The van der Waals surface area contributed by atoms with Crippen LogP contribution in [0.4, 0.5) is 5.82 Å². The van der Waals surface area contributed by atoms with Crippen LogP contribution in [0.15, 0.2) is 61.9 Å². The summed E-state index contributed by atoms with van der Waals surface area (Å²) in [7, 11) is 0. The highest BCUT2D eigenvalue weighted by Gasteiger charge is 2.19. The molecule has 0 aliphatic heterocycles. The molecule has 4 heterocycles. The first-order valence-electron chi connectivity index (χ1n) is 9.72. The third-order valence-corrected chi connectivity index (χ3v) is 6.51. The molecule has 0 aliphatic rings. The zero-order valence-electron chi connectivity index (χ0n) is 17.2. The van der Waals surface area contributed by atoms with Crippen LogP contribution < -0.4 is 5.32 Å². The topological polar surface area (TPSA) is 107 Å². The Kier molecular flexibility index (Phi) is 5.46. The van der Waals surface area contributed by atoms with Crippen LogP contribution in [0.3, 0.4) is 0 Å². The second-order valence-electron chi connectivity index (χ2n) is 6.92. The van der Waals surface area contributed by atoms with Crippen LogP contribution in [0.1, 0.15) is 27.5 Å². The van der Waals surface area contributed by atoms with Crippen molar-refractivity contribution >= 4 is 45.9 Å². The number of rotatable bonds is 6. The summed E-state index contributed by atoms with van der Waals surface area (Å²) in [6, 6.07) is 12.8. The third kappa shape index (κ3) is 4.02. The maximum Gasteiger partial charge on any atom is 0.268 e. The average Bonchev–Trinajstić information content (AvgIpc) is 3.54. The van der Waals surface area contributed by atoms with Gasteiger partial charge in [-0.05, 0) is 37.4 Å². The largest absolute Gasteiger partial charge is 0.443 e. The van der Waals surface area contributed by atoms with Gasteiger partial charge in [0, 0.05) is 11.1 Å². The minimum absolute atomic E-state index is 0.251. The van der Waals surface area contributed by atoms with Gasteiger partial charge in [-0.2, -0.15) is 9.97 Å². The monoisotopic (exact) mass is 463 g/mol. The van der Waals surface area contributed by atoms with E-state index in [1.54, 1.807) is 12.1 Å². The van der Waals surface area contributed by atoms with Gasteiger partial charge >= 0.3 is 0 Å². The Balaban J connectivity index is 1.42. The number of carbonyl (C=O) groups excluding carboxylic acids is 1. The molecule has 0 atom stereocenters. The first-order chi connectivity index (χ1) is 15.6. The minimum atomic E-state index is -0.251. The normalized spacial score (nSPS) is 11.2. The van der Waals surface area contributed by atoms with Crippen molar-refractivity contribution in [2.24, 2.45) is 0 Å². The van der Waals surface area contributed by atoms with Crippen LogP contribution >= 0.6 is 23.1 Å². The van der Waals surface area contributed by atoms with E-state index in [1.807, 2.05) is 49.6 Å². The van der Waals surface area contributed by atoms with Crippen molar-refractivity contribution in [1.29, 1.82) is 0 Å². The van der Waals surface area contributed by atoms with Crippen LogP contribution in [0.5, 0.6) is 0 Å². The molecule has 0 saturated carbocycles. The van der Waals surface area contributed by atoms with Crippen LogP contribution in [-0.2, 0) is 5.75 Å². The number of furan rings is 1. The van der Waals surface area contributed by atoms with E-state index >= 15 is 0 Å². The fourth-order valence-electron chi connectivity index (χ4n) is 3.10. The van der Waals surface area contributed by atoms with Gasteiger partial charge in [0.15, 0.2) is 11.0 Å². The lowest BCUT2D eigenvalue weighted by molar-refractivity contribution is 0.102. The Bertz CT molecular complexity index is 1390. The maximum atomic E-state index is 12.7. The molecule has 0 aliphatic carbocycles. The number of nitrogens with one attached hydrogen (secondary N) is 1. The van der Waals surface area contributed by atoms with Gasteiger partial charge in [-0.3, -0.25) is 4.79 Å². The van der Waals surface area contributed by atoms with E-state index in [0.29, 0.717) is 45.1 Å². The molecule has 4 aromatic heterocycles. The molecule has 0 bridgehead atoms. The smallest absolute Gasteiger partial charge is 0.268 e. The number of nitrogens with zero attached hydrogens (tertiary/aromatic N) is 4. The number of hydrogen-bond acceptors (Lipinski definition) is 9. The van der Waals surface area contributed by atoms with Crippen molar-refractivity contribution in [3.05, 3.63) is 70.6 Å². The van der Waals surface area contributed by atoms with E-state index in [9.17, 15) is 4.79 Å².